The molecule has 11 heteroatoms. The standard InChI is InChI=1S/C33H36N4O5.C2H4O2/c1-33(2,3)42-30(38)20-37-29-14-11-23(40-4)18-27(29)35-31(32(37)39)26-19-36(16-8-15-34)28-13-12-24(17-25(26)28)41-21-22-9-6-5-7-10-22;1-2(3)4/h5-7,9-14,17-19H,8,15-16,20-21,34H2,1-4H3;1H3,(H,3,4). The molecular weight excluding hydrogens is 588 g/mol. The number of carboxylic acid groups (broad SMARTS) is 1. The summed E-state index contributed by atoms with van der Waals surface area (Å²) in [6.07, 6.45) is 2.69. The van der Waals surface area contributed by atoms with Crippen LogP contribution in [0.4, 0.5) is 0 Å². The van der Waals surface area contributed by atoms with Crippen LogP contribution in [0.3, 0.4) is 0 Å². The smallest absolute Gasteiger partial charge is 0.326 e. The molecule has 0 unspecified atom stereocenters. The number of aryl methyl sites for hydroxylation is 1. The first-order valence-electron chi connectivity index (χ1n) is 14.9. The van der Waals surface area contributed by atoms with Gasteiger partial charge in [0.1, 0.15) is 35.9 Å². The van der Waals surface area contributed by atoms with Crippen LogP contribution in [0.5, 0.6) is 11.5 Å². The van der Waals surface area contributed by atoms with E-state index in [9.17, 15) is 9.59 Å². The van der Waals surface area contributed by atoms with E-state index in [1.165, 1.54) is 4.57 Å². The number of hydrogen-bond acceptors (Lipinski definition) is 8. The molecular formula is C35H40N4O7. The van der Waals surface area contributed by atoms with Crippen molar-refractivity contribution < 1.29 is 28.9 Å². The van der Waals surface area contributed by atoms with E-state index < -0.39 is 23.1 Å². The third-order valence-corrected chi connectivity index (χ3v) is 6.82. The number of rotatable bonds is 10. The molecule has 0 amide bonds. The van der Waals surface area contributed by atoms with Crippen LogP contribution in [0.25, 0.3) is 33.2 Å². The number of methoxy groups -OCH3 is 1. The fourth-order valence-corrected chi connectivity index (χ4v) is 4.93. The second kappa shape index (κ2) is 14.7. The van der Waals surface area contributed by atoms with Crippen LogP contribution in [0.15, 0.2) is 77.7 Å². The highest BCUT2D eigenvalue weighted by molar-refractivity contribution is 5.97. The number of carbonyl (C=O) groups excluding carboxylic acids is 1. The fourth-order valence-electron chi connectivity index (χ4n) is 4.93. The van der Waals surface area contributed by atoms with Gasteiger partial charge in [0.2, 0.25) is 0 Å². The molecule has 0 aliphatic rings. The van der Waals surface area contributed by atoms with Gasteiger partial charge >= 0.3 is 5.97 Å². The second-order valence-corrected chi connectivity index (χ2v) is 11.6. The van der Waals surface area contributed by atoms with Crippen molar-refractivity contribution in [3.8, 4) is 22.8 Å². The molecule has 3 N–H and O–H groups in total. The number of carboxylic acids is 1. The number of esters is 1. The number of fused-ring (bicyclic) bond motifs is 2. The molecule has 2 aromatic heterocycles. The van der Waals surface area contributed by atoms with Crippen molar-refractivity contribution in [2.45, 2.75) is 59.4 Å². The van der Waals surface area contributed by atoms with Gasteiger partial charge in [-0.05, 0) is 69.6 Å². The zero-order valence-electron chi connectivity index (χ0n) is 26.8. The van der Waals surface area contributed by atoms with Crippen LogP contribution in [0, 0.1) is 0 Å². The highest BCUT2D eigenvalue weighted by Crippen LogP contribution is 2.33. The highest BCUT2D eigenvalue weighted by Gasteiger charge is 2.22. The van der Waals surface area contributed by atoms with E-state index in [4.69, 9.17) is 34.8 Å². The van der Waals surface area contributed by atoms with Crippen molar-refractivity contribution in [2.75, 3.05) is 13.7 Å². The SMILES string of the molecule is CC(=O)O.COc1ccc2c(c1)nc(-c1cn(CCCN)c3ccc(OCc4ccccc4)cc13)c(=O)n2CC(=O)OC(C)(C)C. The van der Waals surface area contributed by atoms with E-state index in [-0.39, 0.29) is 12.2 Å². The number of nitrogens with zero attached hydrogens (tertiary/aromatic N) is 3. The average molecular weight is 629 g/mol. The van der Waals surface area contributed by atoms with Crippen LogP contribution in [0.2, 0.25) is 0 Å². The lowest BCUT2D eigenvalue weighted by Crippen LogP contribution is -2.31. The minimum atomic E-state index is -0.833. The maximum absolute atomic E-state index is 14.1. The maximum atomic E-state index is 14.1. The largest absolute Gasteiger partial charge is 0.497 e. The Bertz CT molecular complexity index is 1890. The van der Waals surface area contributed by atoms with Crippen LogP contribution < -0.4 is 20.8 Å². The van der Waals surface area contributed by atoms with Gasteiger partial charge in [-0.25, -0.2) is 4.98 Å². The normalized spacial score (nSPS) is 11.2. The Labute approximate surface area is 267 Å². The summed E-state index contributed by atoms with van der Waals surface area (Å²) in [6, 6.07) is 21.0. The van der Waals surface area contributed by atoms with E-state index >= 15 is 0 Å². The molecule has 46 heavy (non-hydrogen) atoms. The minimum absolute atomic E-state index is 0.219. The number of aromatic nitrogens is 3. The van der Waals surface area contributed by atoms with Gasteiger partial charge in [0.05, 0.1) is 18.1 Å². The van der Waals surface area contributed by atoms with Gasteiger partial charge in [-0.2, -0.15) is 0 Å². The van der Waals surface area contributed by atoms with Gasteiger partial charge in [0.15, 0.2) is 0 Å². The van der Waals surface area contributed by atoms with E-state index in [0.29, 0.717) is 47.8 Å². The zero-order chi connectivity index (χ0) is 33.4. The molecule has 2 heterocycles. The Morgan fingerprint density at radius 3 is 2.30 bits per heavy atom. The molecule has 11 nitrogen and oxygen atoms in total. The molecule has 0 radical (unpaired) electrons. The lowest BCUT2D eigenvalue weighted by atomic mass is 10.1. The Morgan fingerprint density at radius 2 is 1.65 bits per heavy atom. The molecule has 242 valence electrons. The van der Waals surface area contributed by atoms with Crippen LogP contribution in [0.1, 0.15) is 39.7 Å². The van der Waals surface area contributed by atoms with Crippen LogP contribution in [-0.2, 0) is 34.0 Å². The summed E-state index contributed by atoms with van der Waals surface area (Å²) in [6.45, 7) is 7.82. The van der Waals surface area contributed by atoms with Crippen molar-refractivity contribution in [1.29, 1.82) is 0 Å². The van der Waals surface area contributed by atoms with Crippen molar-refractivity contribution in [3.05, 3.63) is 88.8 Å². The summed E-state index contributed by atoms with van der Waals surface area (Å²) in [5.41, 5.74) is 8.60. The maximum Gasteiger partial charge on any atom is 0.326 e. The van der Waals surface area contributed by atoms with E-state index in [1.54, 1.807) is 46.1 Å². The lowest BCUT2D eigenvalue weighted by Gasteiger charge is -2.20. The highest BCUT2D eigenvalue weighted by atomic mass is 16.6. The molecule has 0 fully saturated rings. The first-order valence-corrected chi connectivity index (χ1v) is 14.9. The molecule has 0 saturated carbocycles. The summed E-state index contributed by atoms with van der Waals surface area (Å²) in [4.78, 5) is 40.8. The lowest BCUT2D eigenvalue weighted by molar-refractivity contribution is -0.155. The van der Waals surface area contributed by atoms with Gasteiger partial charge in [-0.3, -0.25) is 19.0 Å². The molecule has 0 aliphatic heterocycles. The number of aliphatic carboxylic acids is 1. The molecule has 0 saturated heterocycles. The van der Waals surface area contributed by atoms with Gasteiger partial charge < -0.3 is 29.6 Å². The third-order valence-electron chi connectivity index (χ3n) is 6.82. The van der Waals surface area contributed by atoms with Gasteiger partial charge in [0.25, 0.3) is 11.5 Å². The average Bonchev–Trinajstić information content (AvgIpc) is 3.36. The summed E-state index contributed by atoms with van der Waals surface area (Å²) in [5, 5.41) is 8.23. The first-order chi connectivity index (χ1) is 21.9. The number of nitrogens with two attached hydrogens (primary N) is 1. The molecule has 0 bridgehead atoms. The summed E-state index contributed by atoms with van der Waals surface area (Å²) >= 11 is 0. The van der Waals surface area contributed by atoms with Crippen molar-refractivity contribution >= 4 is 33.9 Å². The molecule has 3 aromatic carbocycles. The summed E-state index contributed by atoms with van der Waals surface area (Å²) < 4.78 is 20.6. The van der Waals surface area contributed by atoms with Crippen LogP contribution in [-0.4, -0.2) is 50.4 Å². The van der Waals surface area contributed by atoms with Gasteiger partial charge in [-0.1, -0.05) is 30.3 Å². The quantitative estimate of drug-likeness (QED) is 0.194. The Balaban J connectivity index is 0.00000113. The number of carbonyl (C=O) groups is 2. The molecule has 0 aliphatic carbocycles. The Kier molecular flexibility index (Phi) is 10.8. The van der Waals surface area contributed by atoms with Crippen molar-refractivity contribution in [3.63, 3.8) is 0 Å². The van der Waals surface area contributed by atoms with E-state index in [1.807, 2.05) is 54.7 Å². The monoisotopic (exact) mass is 628 g/mol. The predicted molar refractivity (Wildman–Crippen MR) is 177 cm³/mol. The topological polar surface area (TPSA) is 148 Å². The number of benzene rings is 3. The molecule has 5 rings (SSSR count). The Morgan fingerprint density at radius 1 is 0.978 bits per heavy atom. The van der Waals surface area contributed by atoms with E-state index in [0.717, 1.165) is 29.8 Å². The number of hydrogen-bond donors (Lipinski definition) is 2. The van der Waals surface area contributed by atoms with Gasteiger partial charge in [0, 0.05) is 42.2 Å². The first kappa shape index (κ1) is 33.7. The summed E-state index contributed by atoms with van der Waals surface area (Å²) in [5.74, 6) is -0.0908. The van der Waals surface area contributed by atoms with Crippen LogP contribution >= 0.6 is 0 Å². The van der Waals surface area contributed by atoms with E-state index in [2.05, 4.69) is 4.57 Å². The van der Waals surface area contributed by atoms with Crippen molar-refractivity contribution in [1.82, 2.24) is 14.1 Å². The zero-order valence-corrected chi connectivity index (χ0v) is 26.8. The fraction of sp³-hybridized carbons (Fsp3) is 0.314. The minimum Gasteiger partial charge on any atom is -0.497 e. The molecule has 0 atom stereocenters. The van der Waals surface area contributed by atoms with Crippen molar-refractivity contribution in [2.24, 2.45) is 5.73 Å². The third kappa shape index (κ3) is 8.51. The predicted octanol–water partition coefficient (Wildman–Crippen LogP) is 5.39. The summed E-state index contributed by atoms with van der Waals surface area (Å²) in [7, 11) is 1.57. The Hall–Kier alpha value is -5.16. The molecule has 5 aromatic rings. The second-order valence-electron chi connectivity index (χ2n) is 11.6. The molecule has 0 spiro atoms. The van der Waals surface area contributed by atoms with Gasteiger partial charge in [-0.15, -0.1) is 0 Å². The number of ether oxygens (including phenoxy) is 3.